The zero-order valence-corrected chi connectivity index (χ0v) is 17.7. The first-order chi connectivity index (χ1) is 14.6. The van der Waals surface area contributed by atoms with Gasteiger partial charge >= 0.3 is 10.1 Å². The molecule has 0 aliphatic heterocycles. The van der Waals surface area contributed by atoms with Crippen LogP contribution in [0.15, 0.2) is 66.0 Å². The molecule has 2 aromatic heterocycles. The van der Waals surface area contributed by atoms with Gasteiger partial charge in [0.2, 0.25) is 0 Å². The predicted molar refractivity (Wildman–Crippen MR) is 117 cm³/mol. The van der Waals surface area contributed by atoms with Gasteiger partial charge in [-0.25, -0.2) is 0 Å². The normalized spacial score (nSPS) is 14.3. The number of aromatic nitrogens is 4. The van der Waals surface area contributed by atoms with E-state index in [1.165, 1.54) is 11.8 Å². The van der Waals surface area contributed by atoms with Crippen LogP contribution in [0.5, 0.6) is 5.75 Å². The third-order valence-electron chi connectivity index (χ3n) is 4.94. The van der Waals surface area contributed by atoms with Gasteiger partial charge in [0.05, 0.1) is 5.75 Å². The van der Waals surface area contributed by atoms with Gasteiger partial charge in [-0.1, -0.05) is 48.2 Å². The molecule has 0 saturated heterocycles. The van der Waals surface area contributed by atoms with Crippen LogP contribution >= 0.6 is 11.8 Å². The number of rotatable bonds is 8. The molecule has 0 spiro atoms. The summed E-state index contributed by atoms with van der Waals surface area (Å²) < 4.78 is 31.9. The van der Waals surface area contributed by atoms with Crippen LogP contribution in [0, 0.1) is 0 Å². The van der Waals surface area contributed by atoms with Crippen molar-refractivity contribution in [1.29, 1.82) is 0 Å². The van der Waals surface area contributed by atoms with Gasteiger partial charge in [0.25, 0.3) is 0 Å². The smallest absolute Gasteiger partial charge is 0.310 e. The molecule has 0 radical (unpaired) electrons. The van der Waals surface area contributed by atoms with Gasteiger partial charge in [-0.3, -0.25) is 4.57 Å². The van der Waals surface area contributed by atoms with E-state index >= 15 is 0 Å². The summed E-state index contributed by atoms with van der Waals surface area (Å²) in [5, 5.41) is 10.7. The Labute approximate surface area is 178 Å². The van der Waals surface area contributed by atoms with Crippen molar-refractivity contribution >= 4 is 32.8 Å². The van der Waals surface area contributed by atoms with Crippen LogP contribution in [0.4, 0.5) is 0 Å². The molecule has 4 aromatic rings. The van der Waals surface area contributed by atoms with Crippen LogP contribution in [0.2, 0.25) is 0 Å². The summed E-state index contributed by atoms with van der Waals surface area (Å²) in [5.74, 6) is 1.38. The van der Waals surface area contributed by atoms with Crippen molar-refractivity contribution in [3.8, 4) is 17.1 Å². The summed E-state index contributed by atoms with van der Waals surface area (Å²) in [7, 11) is -3.67. The highest BCUT2D eigenvalue weighted by Gasteiger charge is 2.31. The van der Waals surface area contributed by atoms with Crippen LogP contribution < -0.4 is 4.18 Å². The molecule has 1 N–H and O–H groups in total. The molecule has 1 fully saturated rings. The molecule has 0 unspecified atom stereocenters. The molecule has 0 bridgehead atoms. The molecule has 1 aliphatic rings. The van der Waals surface area contributed by atoms with E-state index in [4.69, 9.17) is 4.18 Å². The molecule has 7 nitrogen and oxygen atoms in total. The fraction of sp³-hybridized carbons (Fsp3) is 0.238. The highest BCUT2D eigenvalue weighted by Crippen LogP contribution is 2.42. The molecular weight excluding hydrogens is 420 g/mol. The number of benzene rings is 2. The third kappa shape index (κ3) is 3.95. The molecule has 0 atom stereocenters. The fourth-order valence-corrected chi connectivity index (χ4v) is 5.67. The third-order valence-corrected chi connectivity index (χ3v) is 7.29. The lowest BCUT2D eigenvalue weighted by atomic mass is 10.1. The van der Waals surface area contributed by atoms with Gasteiger partial charge in [-0.2, -0.15) is 8.42 Å². The summed E-state index contributed by atoms with van der Waals surface area (Å²) in [6.07, 6.45) is 4.12. The second-order valence-corrected chi connectivity index (χ2v) is 9.91. The quantitative estimate of drug-likeness (QED) is 0.325. The topological polar surface area (TPSA) is 89.9 Å². The Kier molecular flexibility index (Phi) is 5.00. The van der Waals surface area contributed by atoms with E-state index in [1.807, 2.05) is 30.5 Å². The van der Waals surface area contributed by atoms with Gasteiger partial charge in [0.1, 0.15) is 5.75 Å². The van der Waals surface area contributed by atoms with E-state index < -0.39 is 10.1 Å². The van der Waals surface area contributed by atoms with E-state index in [0.29, 0.717) is 17.5 Å². The number of thioether (sulfide) groups is 1. The Balaban J connectivity index is 1.33. The maximum Gasteiger partial charge on any atom is 0.310 e. The highest BCUT2D eigenvalue weighted by atomic mass is 32.2. The van der Waals surface area contributed by atoms with Gasteiger partial charge in [0, 0.05) is 34.5 Å². The van der Waals surface area contributed by atoms with E-state index in [-0.39, 0.29) is 5.75 Å². The number of nitrogens with one attached hydrogen (secondary N) is 1. The van der Waals surface area contributed by atoms with Crippen molar-refractivity contribution in [3.05, 3.63) is 60.8 Å². The largest absolute Gasteiger partial charge is 0.382 e. The second-order valence-electron chi connectivity index (χ2n) is 7.16. The van der Waals surface area contributed by atoms with E-state index in [9.17, 15) is 8.42 Å². The molecule has 1 saturated carbocycles. The number of nitrogens with zero attached hydrogens (tertiary/aromatic N) is 3. The zero-order valence-electron chi connectivity index (χ0n) is 16.1. The minimum atomic E-state index is -3.67. The van der Waals surface area contributed by atoms with E-state index in [2.05, 4.69) is 25.8 Å². The van der Waals surface area contributed by atoms with Crippen LogP contribution in [-0.4, -0.2) is 39.7 Å². The van der Waals surface area contributed by atoms with Crippen molar-refractivity contribution < 1.29 is 12.6 Å². The molecule has 2 heterocycles. The molecule has 1 aliphatic carbocycles. The predicted octanol–water partition coefficient (Wildman–Crippen LogP) is 4.26. The van der Waals surface area contributed by atoms with Crippen molar-refractivity contribution in [3.63, 3.8) is 0 Å². The van der Waals surface area contributed by atoms with E-state index in [1.54, 1.807) is 24.3 Å². The Hall–Kier alpha value is -2.78. The number of aromatic amines is 1. The van der Waals surface area contributed by atoms with Crippen molar-refractivity contribution in [1.82, 2.24) is 19.7 Å². The number of hydrogen-bond donors (Lipinski definition) is 1. The Bertz CT molecular complexity index is 1280. The molecule has 2 aromatic carbocycles. The minimum absolute atomic E-state index is 0.105. The van der Waals surface area contributed by atoms with Gasteiger partial charge in [0.15, 0.2) is 11.0 Å². The van der Waals surface area contributed by atoms with E-state index in [0.717, 1.165) is 40.3 Å². The fourth-order valence-electron chi connectivity index (χ4n) is 3.38. The maximum atomic E-state index is 12.3. The highest BCUT2D eigenvalue weighted by molar-refractivity contribution is 8.00. The number of H-pyrrole nitrogens is 1. The van der Waals surface area contributed by atoms with Crippen LogP contribution in [0.3, 0.4) is 0 Å². The number of hydrogen-bond acceptors (Lipinski definition) is 6. The lowest BCUT2D eigenvalue weighted by Crippen LogP contribution is -2.15. The molecule has 9 heteroatoms. The second kappa shape index (κ2) is 7.81. The zero-order chi connectivity index (χ0) is 20.6. The molecule has 0 amide bonds. The average molecular weight is 441 g/mol. The van der Waals surface area contributed by atoms with Crippen LogP contribution in [-0.2, 0) is 10.1 Å². The molecular formula is C21H20N4O3S2. The monoisotopic (exact) mass is 440 g/mol. The lowest BCUT2D eigenvalue weighted by molar-refractivity contribution is 0.488. The standard InChI is InChI=1S/C21H20N4O3S2/c26-30(27,28-16-6-2-1-3-7-16)13-12-29-21-24-23-20(25(21)15-10-11-15)18-14-22-19-9-5-4-8-17(18)19/h1-9,14-15,22H,10-13H2. The van der Waals surface area contributed by atoms with Crippen molar-refractivity contribution in [2.45, 2.75) is 24.0 Å². The Morgan fingerprint density at radius 3 is 2.63 bits per heavy atom. The van der Waals surface area contributed by atoms with Crippen molar-refractivity contribution in [2.24, 2.45) is 0 Å². The molecule has 154 valence electrons. The minimum Gasteiger partial charge on any atom is -0.382 e. The van der Waals surface area contributed by atoms with Gasteiger partial charge in [-0.15, -0.1) is 10.2 Å². The first-order valence-electron chi connectivity index (χ1n) is 9.72. The maximum absolute atomic E-state index is 12.3. The summed E-state index contributed by atoms with van der Waals surface area (Å²) >= 11 is 1.40. The summed E-state index contributed by atoms with van der Waals surface area (Å²) in [4.78, 5) is 3.28. The lowest BCUT2D eigenvalue weighted by Gasteiger charge is -2.09. The van der Waals surface area contributed by atoms with Gasteiger partial charge in [-0.05, 0) is 31.0 Å². The SMILES string of the molecule is O=S(=O)(CCSc1nnc(-c2c[nH]c3ccccc23)n1C1CC1)Oc1ccccc1. The summed E-state index contributed by atoms with van der Waals surface area (Å²) in [5.41, 5.74) is 2.06. The summed E-state index contributed by atoms with van der Waals surface area (Å²) in [6.45, 7) is 0. The summed E-state index contributed by atoms with van der Waals surface area (Å²) in [6, 6.07) is 17.0. The molecule has 30 heavy (non-hydrogen) atoms. The van der Waals surface area contributed by atoms with Crippen LogP contribution in [0.1, 0.15) is 18.9 Å². The number of fused-ring (bicyclic) bond motifs is 1. The van der Waals surface area contributed by atoms with Crippen molar-refractivity contribution in [2.75, 3.05) is 11.5 Å². The molecule has 5 rings (SSSR count). The Morgan fingerprint density at radius 1 is 1.07 bits per heavy atom. The van der Waals surface area contributed by atoms with Crippen LogP contribution in [0.25, 0.3) is 22.3 Å². The first-order valence-corrected chi connectivity index (χ1v) is 12.3. The van der Waals surface area contributed by atoms with Gasteiger partial charge < -0.3 is 9.17 Å². The number of para-hydroxylation sites is 2. The average Bonchev–Trinajstić information content (AvgIpc) is 3.35. The Morgan fingerprint density at radius 2 is 1.83 bits per heavy atom. The first kappa shape index (κ1) is 19.2.